The Labute approximate surface area is 150 Å². The van der Waals surface area contributed by atoms with E-state index in [1.807, 2.05) is 11.0 Å². The zero-order valence-corrected chi connectivity index (χ0v) is 15.3. The van der Waals surface area contributed by atoms with Gasteiger partial charge in [-0.05, 0) is 42.9 Å². The minimum absolute atomic E-state index is 0.00527. The maximum Gasteiger partial charge on any atom is 0.253 e. The van der Waals surface area contributed by atoms with E-state index in [0.717, 1.165) is 25.7 Å². The zero-order valence-electron chi connectivity index (χ0n) is 15.3. The Hall–Kier alpha value is -1.88. The molecule has 1 saturated heterocycles. The molecule has 5 heteroatoms. The lowest BCUT2D eigenvalue weighted by molar-refractivity contribution is -0.117. The number of nitrogens with one attached hydrogen (secondary N) is 1. The van der Waals surface area contributed by atoms with Gasteiger partial charge in [0.05, 0.1) is 0 Å². The number of carbonyl (C=O) groups excluding carboxylic acids is 2. The molecule has 25 heavy (non-hydrogen) atoms. The van der Waals surface area contributed by atoms with Gasteiger partial charge in [-0.25, -0.2) is 0 Å². The number of aliphatic hydroxyl groups excluding tert-OH is 1. The van der Waals surface area contributed by atoms with Gasteiger partial charge in [-0.1, -0.05) is 32.8 Å². The van der Waals surface area contributed by atoms with Crippen molar-refractivity contribution < 1.29 is 14.7 Å². The summed E-state index contributed by atoms with van der Waals surface area (Å²) >= 11 is 0. The van der Waals surface area contributed by atoms with E-state index in [1.54, 1.807) is 18.2 Å². The molecule has 0 saturated carbocycles. The molecule has 0 radical (unpaired) electrons. The molecule has 1 heterocycles. The summed E-state index contributed by atoms with van der Waals surface area (Å²) in [6.07, 6.45) is 4.30. The molecule has 0 spiro atoms. The van der Waals surface area contributed by atoms with Crippen LogP contribution in [0.2, 0.25) is 0 Å². The lowest BCUT2D eigenvalue weighted by Gasteiger charge is -2.31. The summed E-state index contributed by atoms with van der Waals surface area (Å²) in [6, 6.07) is 7.16. The molecular weight excluding hydrogens is 316 g/mol. The van der Waals surface area contributed by atoms with Gasteiger partial charge in [-0.2, -0.15) is 0 Å². The predicted octanol–water partition coefficient (Wildman–Crippen LogP) is 3.30. The summed E-state index contributed by atoms with van der Waals surface area (Å²) in [6.45, 7) is 5.75. The highest BCUT2D eigenvalue weighted by Crippen LogP contribution is 2.20. The van der Waals surface area contributed by atoms with Gasteiger partial charge in [0.25, 0.3) is 5.91 Å². The number of hydrogen-bond donors (Lipinski definition) is 2. The number of aliphatic hydroxyl groups is 1. The summed E-state index contributed by atoms with van der Waals surface area (Å²) in [7, 11) is 0. The maximum absolute atomic E-state index is 12.6. The largest absolute Gasteiger partial charge is 0.396 e. The van der Waals surface area contributed by atoms with Crippen molar-refractivity contribution in [2.75, 3.05) is 25.0 Å². The molecule has 2 N–H and O–H groups in total. The highest BCUT2D eigenvalue weighted by molar-refractivity contribution is 5.97. The third-order valence-electron chi connectivity index (χ3n) is 4.87. The second-order valence-corrected chi connectivity index (χ2v) is 7.15. The van der Waals surface area contributed by atoms with Crippen LogP contribution in [0.25, 0.3) is 0 Å². The Kier molecular flexibility index (Phi) is 7.44. The third-order valence-corrected chi connectivity index (χ3v) is 4.87. The third kappa shape index (κ3) is 5.85. The van der Waals surface area contributed by atoms with Crippen LogP contribution in [-0.2, 0) is 4.79 Å². The second kappa shape index (κ2) is 9.56. The Bertz CT molecular complexity index is 580. The van der Waals surface area contributed by atoms with Gasteiger partial charge in [0.15, 0.2) is 0 Å². The molecule has 2 amide bonds. The van der Waals surface area contributed by atoms with E-state index in [9.17, 15) is 14.7 Å². The van der Waals surface area contributed by atoms with Crippen LogP contribution in [0.4, 0.5) is 5.69 Å². The fourth-order valence-electron chi connectivity index (χ4n) is 3.35. The molecule has 0 aliphatic carbocycles. The van der Waals surface area contributed by atoms with Crippen LogP contribution in [0, 0.1) is 11.8 Å². The predicted molar refractivity (Wildman–Crippen MR) is 99.5 cm³/mol. The monoisotopic (exact) mass is 346 g/mol. The first kappa shape index (κ1) is 19.4. The quantitative estimate of drug-likeness (QED) is 0.796. The number of benzene rings is 1. The van der Waals surface area contributed by atoms with Gasteiger partial charge >= 0.3 is 0 Å². The van der Waals surface area contributed by atoms with Crippen molar-refractivity contribution in [2.45, 2.75) is 46.0 Å². The molecule has 1 aromatic carbocycles. The van der Waals surface area contributed by atoms with Crippen LogP contribution >= 0.6 is 0 Å². The number of hydrogen-bond acceptors (Lipinski definition) is 3. The van der Waals surface area contributed by atoms with E-state index in [1.165, 1.54) is 0 Å². The summed E-state index contributed by atoms with van der Waals surface area (Å²) < 4.78 is 0. The van der Waals surface area contributed by atoms with Crippen LogP contribution in [-0.4, -0.2) is 41.5 Å². The number of amides is 2. The molecule has 1 aliphatic heterocycles. The minimum atomic E-state index is -0.00756. The van der Waals surface area contributed by atoms with Crippen LogP contribution < -0.4 is 5.32 Å². The van der Waals surface area contributed by atoms with E-state index in [4.69, 9.17) is 0 Å². The summed E-state index contributed by atoms with van der Waals surface area (Å²) in [5, 5.41) is 12.1. The van der Waals surface area contributed by atoms with Crippen molar-refractivity contribution in [3.63, 3.8) is 0 Å². The first-order valence-corrected chi connectivity index (χ1v) is 9.33. The number of likely N-dealkylation sites (tertiary alicyclic amines) is 1. The Morgan fingerprint density at radius 2 is 2.04 bits per heavy atom. The molecule has 0 bridgehead atoms. The highest BCUT2D eigenvalue weighted by atomic mass is 16.3. The standard InChI is InChI=1S/C20H30N2O3/c1-3-5-15(2)12-19(24)21-18-7-4-6-17(13-18)20(25)22-10-8-16(14-23)9-11-22/h4,6-7,13,15-16,23H,3,5,8-12,14H2,1-2H3,(H,21,24). The summed E-state index contributed by atoms with van der Waals surface area (Å²) in [4.78, 5) is 26.6. The van der Waals surface area contributed by atoms with E-state index in [0.29, 0.717) is 42.6 Å². The highest BCUT2D eigenvalue weighted by Gasteiger charge is 2.23. The number of carbonyl (C=O) groups is 2. The van der Waals surface area contributed by atoms with E-state index < -0.39 is 0 Å². The fraction of sp³-hybridized carbons (Fsp3) is 0.600. The number of rotatable bonds is 7. The Morgan fingerprint density at radius 3 is 2.68 bits per heavy atom. The van der Waals surface area contributed by atoms with Crippen molar-refractivity contribution in [3.8, 4) is 0 Å². The number of anilines is 1. The Balaban J connectivity index is 1.94. The van der Waals surface area contributed by atoms with Crippen LogP contribution in [0.15, 0.2) is 24.3 Å². The van der Waals surface area contributed by atoms with Gasteiger partial charge in [-0.15, -0.1) is 0 Å². The smallest absolute Gasteiger partial charge is 0.253 e. The van der Waals surface area contributed by atoms with Crippen LogP contribution in [0.5, 0.6) is 0 Å². The normalized spacial score (nSPS) is 16.5. The first-order chi connectivity index (χ1) is 12.0. The molecule has 138 valence electrons. The molecular formula is C20H30N2O3. The average molecular weight is 346 g/mol. The van der Waals surface area contributed by atoms with Crippen molar-refractivity contribution in [1.29, 1.82) is 0 Å². The SMILES string of the molecule is CCCC(C)CC(=O)Nc1cccc(C(=O)N2CCC(CO)CC2)c1. The van der Waals surface area contributed by atoms with Crippen LogP contribution in [0.1, 0.15) is 56.3 Å². The number of nitrogens with zero attached hydrogens (tertiary/aromatic N) is 1. The van der Waals surface area contributed by atoms with Crippen molar-refractivity contribution in [1.82, 2.24) is 4.90 Å². The summed E-state index contributed by atoms with van der Waals surface area (Å²) in [5.74, 6) is 0.656. The lowest BCUT2D eigenvalue weighted by atomic mass is 9.97. The minimum Gasteiger partial charge on any atom is -0.396 e. The second-order valence-electron chi connectivity index (χ2n) is 7.15. The molecule has 1 aliphatic rings. The van der Waals surface area contributed by atoms with E-state index >= 15 is 0 Å². The molecule has 1 fully saturated rings. The molecule has 0 aromatic heterocycles. The first-order valence-electron chi connectivity index (χ1n) is 9.33. The zero-order chi connectivity index (χ0) is 18.2. The van der Waals surface area contributed by atoms with Crippen LogP contribution in [0.3, 0.4) is 0 Å². The molecule has 1 aromatic rings. The average Bonchev–Trinajstić information content (AvgIpc) is 2.61. The fourth-order valence-corrected chi connectivity index (χ4v) is 3.35. The number of piperidine rings is 1. The van der Waals surface area contributed by atoms with E-state index in [-0.39, 0.29) is 18.4 Å². The molecule has 2 rings (SSSR count). The topological polar surface area (TPSA) is 69.6 Å². The maximum atomic E-state index is 12.6. The van der Waals surface area contributed by atoms with Gasteiger partial charge in [0.1, 0.15) is 0 Å². The van der Waals surface area contributed by atoms with E-state index in [2.05, 4.69) is 19.2 Å². The van der Waals surface area contributed by atoms with Crippen molar-refractivity contribution >= 4 is 17.5 Å². The van der Waals surface area contributed by atoms with Crippen molar-refractivity contribution in [3.05, 3.63) is 29.8 Å². The molecule has 5 nitrogen and oxygen atoms in total. The molecule has 1 atom stereocenters. The van der Waals surface area contributed by atoms with Gasteiger partial charge in [-0.3, -0.25) is 9.59 Å². The Morgan fingerprint density at radius 1 is 1.32 bits per heavy atom. The van der Waals surface area contributed by atoms with Crippen molar-refractivity contribution in [2.24, 2.45) is 11.8 Å². The van der Waals surface area contributed by atoms with Gasteiger partial charge < -0.3 is 15.3 Å². The summed E-state index contributed by atoms with van der Waals surface area (Å²) in [5.41, 5.74) is 1.27. The lowest BCUT2D eigenvalue weighted by Crippen LogP contribution is -2.39. The van der Waals surface area contributed by atoms with Gasteiger partial charge in [0, 0.05) is 37.4 Å². The molecule has 1 unspecified atom stereocenters. The van der Waals surface area contributed by atoms with Gasteiger partial charge in [0.2, 0.25) is 5.91 Å².